The number of hydrogen-bond acceptors (Lipinski definition) is 6. The molecule has 11 heteroatoms. The van der Waals surface area contributed by atoms with Crippen LogP contribution in [-0.2, 0) is 26.4 Å². The minimum atomic E-state index is -4.48. The largest absolute Gasteiger partial charge is 0.469 e. The van der Waals surface area contributed by atoms with Crippen LogP contribution in [0.5, 0.6) is 5.88 Å². The highest BCUT2D eigenvalue weighted by Crippen LogP contribution is 2.30. The van der Waals surface area contributed by atoms with Gasteiger partial charge in [-0.3, -0.25) is 4.79 Å². The summed E-state index contributed by atoms with van der Waals surface area (Å²) in [5.41, 5.74) is 2.19. The van der Waals surface area contributed by atoms with E-state index in [-0.39, 0.29) is 18.4 Å². The molecule has 0 unspecified atom stereocenters. The molecule has 0 aliphatic carbocycles. The molecule has 0 saturated heterocycles. The molecule has 37 heavy (non-hydrogen) atoms. The third kappa shape index (κ3) is 6.50. The number of alkyl halides is 3. The number of ether oxygens (including phenoxy) is 1. The van der Waals surface area contributed by atoms with Gasteiger partial charge in [-0.25, -0.2) is 4.98 Å². The van der Waals surface area contributed by atoms with E-state index >= 15 is 0 Å². The molecule has 192 valence electrons. The molecule has 0 spiro atoms. The fraction of sp³-hybridized carbons (Fsp3) is 0.231. The fourth-order valence-electron chi connectivity index (χ4n) is 3.57. The van der Waals surface area contributed by atoms with Gasteiger partial charge in [0, 0.05) is 42.7 Å². The standard InChI is InChI=1S/C26H25F3N6O2/c1-34(2)15-17-4-6-19(7-5-17)25(36)31-21-10-8-18(9-11-21)24-33-32-22(35(24)3)16-37-23-14-20(12-13-30-23)26(27,28)29/h4-14H,15-16H2,1-3H3,(H,31,36). The lowest BCUT2D eigenvalue weighted by Gasteiger charge is -2.11. The number of anilines is 1. The van der Waals surface area contributed by atoms with Crippen molar-refractivity contribution >= 4 is 11.6 Å². The van der Waals surface area contributed by atoms with E-state index in [2.05, 4.69) is 25.4 Å². The Labute approximate surface area is 211 Å². The van der Waals surface area contributed by atoms with Gasteiger partial charge in [0.2, 0.25) is 5.88 Å². The first-order valence-electron chi connectivity index (χ1n) is 11.3. The molecule has 8 nitrogen and oxygen atoms in total. The predicted octanol–water partition coefficient (Wildman–Crippen LogP) is 4.79. The highest BCUT2D eigenvalue weighted by Gasteiger charge is 2.31. The highest BCUT2D eigenvalue weighted by molar-refractivity contribution is 6.04. The maximum atomic E-state index is 12.9. The van der Waals surface area contributed by atoms with E-state index in [4.69, 9.17) is 4.74 Å². The molecule has 0 aliphatic rings. The maximum absolute atomic E-state index is 12.9. The molecular weight excluding hydrogens is 485 g/mol. The van der Waals surface area contributed by atoms with E-state index in [0.717, 1.165) is 36.0 Å². The van der Waals surface area contributed by atoms with Crippen LogP contribution in [0.25, 0.3) is 11.4 Å². The molecule has 2 heterocycles. The second kappa shape index (κ2) is 10.8. The maximum Gasteiger partial charge on any atom is 0.416 e. The SMILES string of the molecule is CN(C)Cc1ccc(C(=O)Nc2ccc(-c3nnc(COc4cc(C(F)(F)F)ccn4)n3C)cc2)cc1. The van der Waals surface area contributed by atoms with Gasteiger partial charge in [0.25, 0.3) is 5.91 Å². The molecule has 2 aromatic heterocycles. The Morgan fingerprint density at radius 3 is 2.38 bits per heavy atom. The molecular formula is C26H25F3N6O2. The monoisotopic (exact) mass is 510 g/mol. The lowest BCUT2D eigenvalue weighted by molar-refractivity contribution is -0.137. The summed E-state index contributed by atoms with van der Waals surface area (Å²) in [7, 11) is 5.69. The first-order chi connectivity index (χ1) is 17.6. The topological polar surface area (TPSA) is 85.2 Å². The average Bonchev–Trinajstić information content (AvgIpc) is 3.23. The van der Waals surface area contributed by atoms with Gasteiger partial charge >= 0.3 is 6.18 Å². The summed E-state index contributed by atoms with van der Waals surface area (Å²) in [4.78, 5) is 18.5. The quantitative estimate of drug-likeness (QED) is 0.367. The molecule has 0 atom stereocenters. The number of aromatic nitrogens is 4. The van der Waals surface area contributed by atoms with E-state index in [0.29, 0.717) is 22.9 Å². The van der Waals surface area contributed by atoms with Crippen LogP contribution in [0.3, 0.4) is 0 Å². The van der Waals surface area contributed by atoms with Crippen LogP contribution < -0.4 is 10.1 Å². The van der Waals surface area contributed by atoms with Crippen molar-refractivity contribution in [1.82, 2.24) is 24.6 Å². The number of halogens is 3. The zero-order chi connectivity index (χ0) is 26.6. The summed E-state index contributed by atoms with van der Waals surface area (Å²) in [5.74, 6) is 0.562. The van der Waals surface area contributed by atoms with Gasteiger partial charge in [-0.15, -0.1) is 10.2 Å². The predicted molar refractivity (Wildman–Crippen MR) is 132 cm³/mol. The van der Waals surface area contributed by atoms with Crippen molar-refractivity contribution in [3.8, 4) is 17.3 Å². The zero-order valence-electron chi connectivity index (χ0n) is 20.5. The van der Waals surface area contributed by atoms with E-state index in [9.17, 15) is 18.0 Å². The third-order valence-electron chi connectivity index (χ3n) is 5.49. The Morgan fingerprint density at radius 1 is 1.03 bits per heavy atom. The van der Waals surface area contributed by atoms with E-state index in [1.807, 2.05) is 26.2 Å². The van der Waals surface area contributed by atoms with Crippen molar-refractivity contribution < 1.29 is 22.7 Å². The van der Waals surface area contributed by atoms with E-state index < -0.39 is 11.7 Å². The Balaban J connectivity index is 1.39. The minimum absolute atomic E-state index is 0.112. The number of carbonyl (C=O) groups is 1. The van der Waals surface area contributed by atoms with Gasteiger partial charge < -0.3 is 19.5 Å². The second-order valence-electron chi connectivity index (χ2n) is 8.63. The molecule has 1 N–H and O–H groups in total. The molecule has 0 saturated carbocycles. The third-order valence-corrected chi connectivity index (χ3v) is 5.49. The molecule has 4 rings (SSSR count). The van der Waals surface area contributed by atoms with Crippen LogP contribution in [0.1, 0.15) is 27.3 Å². The normalized spacial score (nSPS) is 11.5. The van der Waals surface area contributed by atoms with Crippen LogP contribution in [0.15, 0.2) is 66.9 Å². The van der Waals surface area contributed by atoms with Gasteiger partial charge in [0.1, 0.15) is 6.61 Å². The number of benzene rings is 2. The highest BCUT2D eigenvalue weighted by atomic mass is 19.4. The zero-order valence-corrected chi connectivity index (χ0v) is 20.5. The van der Waals surface area contributed by atoms with Crippen molar-refractivity contribution in [2.75, 3.05) is 19.4 Å². The number of amides is 1. The molecule has 4 aromatic rings. The molecule has 0 bridgehead atoms. The first kappa shape index (κ1) is 25.8. The molecule has 2 aromatic carbocycles. The smallest absolute Gasteiger partial charge is 0.416 e. The van der Waals surface area contributed by atoms with E-state index in [1.54, 1.807) is 48.0 Å². The van der Waals surface area contributed by atoms with Gasteiger partial charge in [-0.2, -0.15) is 13.2 Å². The summed E-state index contributed by atoms with van der Waals surface area (Å²) < 4.78 is 45.7. The van der Waals surface area contributed by atoms with Crippen molar-refractivity contribution in [2.45, 2.75) is 19.3 Å². The lowest BCUT2D eigenvalue weighted by atomic mass is 10.1. The number of nitrogens with zero attached hydrogens (tertiary/aromatic N) is 5. The summed E-state index contributed by atoms with van der Waals surface area (Å²) >= 11 is 0. The van der Waals surface area contributed by atoms with Crippen LogP contribution in [0, 0.1) is 0 Å². The number of rotatable bonds is 8. The Hall–Kier alpha value is -4.25. The minimum Gasteiger partial charge on any atom is -0.469 e. The number of pyridine rings is 1. The van der Waals surface area contributed by atoms with Crippen LogP contribution in [0.4, 0.5) is 18.9 Å². The van der Waals surface area contributed by atoms with Gasteiger partial charge in [-0.1, -0.05) is 12.1 Å². The van der Waals surface area contributed by atoms with Crippen molar-refractivity contribution in [1.29, 1.82) is 0 Å². The van der Waals surface area contributed by atoms with Gasteiger partial charge in [-0.05, 0) is 62.1 Å². The molecule has 0 aliphatic heterocycles. The van der Waals surface area contributed by atoms with Gasteiger partial charge in [0.05, 0.1) is 5.56 Å². The van der Waals surface area contributed by atoms with Crippen molar-refractivity contribution in [3.63, 3.8) is 0 Å². The van der Waals surface area contributed by atoms with Gasteiger partial charge in [0.15, 0.2) is 11.6 Å². The first-order valence-corrected chi connectivity index (χ1v) is 11.3. The lowest BCUT2D eigenvalue weighted by Crippen LogP contribution is -2.13. The summed E-state index contributed by atoms with van der Waals surface area (Å²) in [6.07, 6.45) is -3.44. The summed E-state index contributed by atoms with van der Waals surface area (Å²) in [6.45, 7) is 0.681. The van der Waals surface area contributed by atoms with Crippen LogP contribution >= 0.6 is 0 Å². The second-order valence-corrected chi connectivity index (χ2v) is 8.63. The van der Waals surface area contributed by atoms with Crippen LogP contribution in [0.2, 0.25) is 0 Å². The van der Waals surface area contributed by atoms with Crippen molar-refractivity contribution in [3.05, 3.63) is 89.4 Å². The Kier molecular flexibility index (Phi) is 7.53. The molecule has 1 amide bonds. The van der Waals surface area contributed by atoms with Crippen molar-refractivity contribution in [2.24, 2.45) is 7.05 Å². The number of hydrogen-bond donors (Lipinski definition) is 1. The number of nitrogens with one attached hydrogen (secondary N) is 1. The average molecular weight is 511 g/mol. The summed E-state index contributed by atoms with van der Waals surface area (Å²) in [6, 6.07) is 16.2. The van der Waals surface area contributed by atoms with Crippen LogP contribution in [-0.4, -0.2) is 44.7 Å². The molecule has 0 radical (unpaired) electrons. The Bertz CT molecular complexity index is 1370. The number of carbonyl (C=O) groups excluding carboxylic acids is 1. The van der Waals surface area contributed by atoms with E-state index in [1.165, 1.54) is 0 Å². The Morgan fingerprint density at radius 2 is 1.73 bits per heavy atom. The fourth-order valence-corrected chi connectivity index (χ4v) is 3.57. The molecule has 0 fully saturated rings. The summed E-state index contributed by atoms with van der Waals surface area (Å²) in [5, 5.41) is 11.1.